The number of nitrogens with zero attached hydrogens (tertiary/aromatic N) is 4. The van der Waals surface area contributed by atoms with Gasteiger partial charge in [0.1, 0.15) is 11.9 Å². The smallest absolute Gasteiger partial charge is 0.161 e. The summed E-state index contributed by atoms with van der Waals surface area (Å²) in [6.07, 6.45) is 6.27. The van der Waals surface area contributed by atoms with Crippen LogP contribution in [0.2, 0.25) is 0 Å². The van der Waals surface area contributed by atoms with Crippen molar-refractivity contribution in [3.05, 3.63) is 59.5 Å². The lowest BCUT2D eigenvalue weighted by Gasteiger charge is -2.30. The van der Waals surface area contributed by atoms with Crippen molar-refractivity contribution in [3.8, 4) is 5.75 Å². The Kier molecular flexibility index (Phi) is 4.76. The second kappa shape index (κ2) is 7.43. The van der Waals surface area contributed by atoms with E-state index in [0.29, 0.717) is 12.1 Å². The highest BCUT2D eigenvalue weighted by Gasteiger charge is 2.32. The molecule has 0 amide bonds. The molecular formula is C23H29N5O. The molecule has 3 atom stereocenters. The molecule has 1 saturated heterocycles. The summed E-state index contributed by atoms with van der Waals surface area (Å²) >= 11 is 0. The van der Waals surface area contributed by atoms with Crippen LogP contribution < -0.4 is 10.5 Å². The van der Waals surface area contributed by atoms with Gasteiger partial charge in [0.25, 0.3) is 0 Å². The van der Waals surface area contributed by atoms with E-state index in [4.69, 9.17) is 10.5 Å². The number of ether oxygens (including phenoxy) is 1. The van der Waals surface area contributed by atoms with Gasteiger partial charge in [-0.1, -0.05) is 24.3 Å². The quantitative estimate of drug-likeness (QED) is 0.722. The molecule has 0 saturated carbocycles. The Morgan fingerprint density at radius 1 is 1.03 bits per heavy atom. The zero-order valence-corrected chi connectivity index (χ0v) is 17.2. The number of aromatic nitrogens is 3. The fourth-order valence-electron chi connectivity index (χ4n) is 4.94. The number of hydrogen-bond acceptors (Lipinski definition) is 5. The third kappa shape index (κ3) is 3.30. The maximum atomic E-state index is 6.45. The van der Waals surface area contributed by atoms with Crippen molar-refractivity contribution >= 4 is 5.65 Å². The van der Waals surface area contributed by atoms with Gasteiger partial charge in [-0.25, -0.2) is 0 Å². The summed E-state index contributed by atoms with van der Waals surface area (Å²) in [5.74, 6) is 1.87. The van der Waals surface area contributed by atoms with E-state index in [1.165, 1.54) is 17.5 Å². The average molecular weight is 392 g/mol. The Hall–Kier alpha value is -2.44. The number of pyridine rings is 1. The van der Waals surface area contributed by atoms with Gasteiger partial charge < -0.3 is 10.5 Å². The minimum Gasteiger partial charge on any atom is -0.484 e. The highest BCUT2D eigenvalue weighted by atomic mass is 16.5. The summed E-state index contributed by atoms with van der Waals surface area (Å²) in [5.41, 5.74) is 9.59. The first-order valence-electron chi connectivity index (χ1n) is 10.7. The van der Waals surface area contributed by atoms with Gasteiger partial charge in [-0.05, 0) is 69.3 Å². The molecule has 2 aromatic heterocycles. The van der Waals surface area contributed by atoms with E-state index in [-0.39, 0.29) is 12.1 Å². The molecular weight excluding hydrogens is 362 g/mol. The van der Waals surface area contributed by atoms with Crippen molar-refractivity contribution in [1.29, 1.82) is 0 Å². The maximum absolute atomic E-state index is 6.45. The van der Waals surface area contributed by atoms with E-state index in [1.807, 2.05) is 12.1 Å². The van der Waals surface area contributed by atoms with Gasteiger partial charge in [-0.3, -0.25) is 9.30 Å². The van der Waals surface area contributed by atoms with Crippen LogP contribution in [0.15, 0.2) is 42.6 Å². The van der Waals surface area contributed by atoms with E-state index in [2.05, 4.69) is 63.8 Å². The van der Waals surface area contributed by atoms with Crippen molar-refractivity contribution in [1.82, 2.24) is 19.5 Å². The topological polar surface area (TPSA) is 68.7 Å². The van der Waals surface area contributed by atoms with Gasteiger partial charge in [0.05, 0.1) is 12.2 Å². The van der Waals surface area contributed by atoms with Gasteiger partial charge in [0.2, 0.25) is 0 Å². The fraction of sp³-hybridized carbons (Fsp3) is 0.478. The van der Waals surface area contributed by atoms with E-state index in [0.717, 1.165) is 43.0 Å². The third-order valence-corrected chi connectivity index (χ3v) is 6.42. The first-order chi connectivity index (χ1) is 14.1. The molecule has 2 N–H and O–H groups in total. The molecule has 1 aliphatic carbocycles. The maximum Gasteiger partial charge on any atom is 0.161 e. The van der Waals surface area contributed by atoms with Crippen LogP contribution in [0.3, 0.4) is 0 Å². The van der Waals surface area contributed by atoms with Gasteiger partial charge in [-0.2, -0.15) is 0 Å². The number of hydrogen-bond donors (Lipinski definition) is 1. The molecule has 1 aliphatic heterocycles. The first kappa shape index (κ1) is 18.6. The molecule has 0 radical (unpaired) electrons. The zero-order valence-electron chi connectivity index (χ0n) is 17.2. The summed E-state index contributed by atoms with van der Waals surface area (Å²) in [6, 6.07) is 13.3. The van der Waals surface area contributed by atoms with Gasteiger partial charge in [0, 0.05) is 12.1 Å². The summed E-state index contributed by atoms with van der Waals surface area (Å²) in [7, 11) is 0. The number of rotatable bonds is 4. The number of nitrogens with two attached hydrogens (primary N) is 1. The van der Waals surface area contributed by atoms with Gasteiger partial charge in [0.15, 0.2) is 11.5 Å². The van der Waals surface area contributed by atoms with Crippen LogP contribution in [-0.4, -0.2) is 32.1 Å². The minimum atomic E-state index is 0.0297. The normalized spacial score (nSPS) is 24.9. The third-order valence-electron chi connectivity index (χ3n) is 6.42. The van der Waals surface area contributed by atoms with Crippen molar-refractivity contribution in [2.75, 3.05) is 6.54 Å². The SMILES string of the molecule is CC(C)N1CCC[C@H]1c1nnc2ccc(O[C@@H]3CC[C@H](N)c4ccccc43)cn12. The molecule has 6 heteroatoms. The van der Waals surface area contributed by atoms with E-state index in [9.17, 15) is 0 Å². The fourth-order valence-corrected chi connectivity index (χ4v) is 4.94. The molecule has 0 bridgehead atoms. The minimum absolute atomic E-state index is 0.0297. The lowest BCUT2D eigenvalue weighted by atomic mass is 9.86. The largest absolute Gasteiger partial charge is 0.484 e. The molecule has 3 aromatic rings. The molecule has 0 spiro atoms. The zero-order chi connectivity index (χ0) is 20.0. The number of fused-ring (bicyclic) bond motifs is 2. The average Bonchev–Trinajstić information content (AvgIpc) is 3.37. The molecule has 152 valence electrons. The van der Waals surface area contributed by atoms with Crippen LogP contribution in [0.25, 0.3) is 5.65 Å². The van der Waals surface area contributed by atoms with Crippen molar-refractivity contribution < 1.29 is 4.74 Å². The van der Waals surface area contributed by atoms with E-state index in [1.54, 1.807) is 0 Å². The second-order valence-corrected chi connectivity index (χ2v) is 8.56. The van der Waals surface area contributed by atoms with Gasteiger partial charge in [-0.15, -0.1) is 10.2 Å². The Balaban J connectivity index is 1.46. The van der Waals surface area contributed by atoms with Crippen LogP contribution in [0.5, 0.6) is 5.75 Å². The van der Waals surface area contributed by atoms with Crippen LogP contribution in [0.1, 0.15) is 74.7 Å². The summed E-state index contributed by atoms with van der Waals surface area (Å²) < 4.78 is 8.57. The lowest BCUT2D eigenvalue weighted by molar-refractivity contribution is 0.175. The first-order valence-corrected chi connectivity index (χ1v) is 10.7. The predicted octanol–water partition coefficient (Wildman–Crippen LogP) is 4.19. The van der Waals surface area contributed by atoms with Gasteiger partial charge >= 0.3 is 0 Å². The molecule has 1 aromatic carbocycles. The standard InChI is InChI=1S/C23H29N5O/c1-15(2)27-13-5-8-20(27)23-26-25-22-12-9-16(14-28(22)23)29-21-11-10-19(24)17-6-3-4-7-18(17)21/h3-4,6-7,9,12,14-15,19-21H,5,8,10-11,13,24H2,1-2H3/t19-,20-,21+/m0/s1. The van der Waals surface area contributed by atoms with Crippen LogP contribution >= 0.6 is 0 Å². The number of likely N-dealkylation sites (tertiary alicyclic amines) is 1. The Labute approximate surface area is 171 Å². The lowest BCUT2D eigenvalue weighted by Crippen LogP contribution is -2.31. The molecule has 0 unspecified atom stereocenters. The molecule has 3 heterocycles. The predicted molar refractivity (Wildman–Crippen MR) is 113 cm³/mol. The second-order valence-electron chi connectivity index (χ2n) is 8.56. The van der Waals surface area contributed by atoms with E-state index < -0.39 is 0 Å². The summed E-state index contributed by atoms with van der Waals surface area (Å²) in [5, 5.41) is 8.95. The summed E-state index contributed by atoms with van der Waals surface area (Å²) in [4.78, 5) is 2.52. The monoisotopic (exact) mass is 391 g/mol. The molecule has 6 nitrogen and oxygen atoms in total. The van der Waals surface area contributed by atoms with Crippen molar-refractivity contribution in [2.24, 2.45) is 5.73 Å². The molecule has 29 heavy (non-hydrogen) atoms. The van der Waals surface area contributed by atoms with Crippen LogP contribution in [0, 0.1) is 0 Å². The van der Waals surface area contributed by atoms with Crippen molar-refractivity contribution in [2.45, 2.75) is 63.8 Å². The number of benzene rings is 1. The molecule has 5 rings (SSSR count). The van der Waals surface area contributed by atoms with Crippen LogP contribution in [-0.2, 0) is 0 Å². The summed E-state index contributed by atoms with van der Waals surface area (Å²) in [6.45, 7) is 5.62. The highest BCUT2D eigenvalue weighted by Crippen LogP contribution is 2.38. The Morgan fingerprint density at radius 2 is 1.86 bits per heavy atom. The Morgan fingerprint density at radius 3 is 2.69 bits per heavy atom. The molecule has 1 fully saturated rings. The van der Waals surface area contributed by atoms with Crippen molar-refractivity contribution in [3.63, 3.8) is 0 Å². The molecule has 2 aliphatic rings. The highest BCUT2D eigenvalue weighted by molar-refractivity contribution is 5.42. The van der Waals surface area contributed by atoms with Crippen LogP contribution in [0.4, 0.5) is 0 Å². The Bertz CT molecular complexity index is 1010. The van der Waals surface area contributed by atoms with E-state index >= 15 is 0 Å².